The quantitative estimate of drug-likeness (QED) is 0.914. The van der Waals surface area contributed by atoms with E-state index in [4.69, 9.17) is 9.47 Å². The number of carbonyl (C=O) groups is 1. The first kappa shape index (κ1) is 14.6. The van der Waals surface area contributed by atoms with E-state index in [9.17, 15) is 4.79 Å². The summed E-state index contributed by atoms with van der Waals surface area (Å²) in [6.07, 6.45) is 2.03. The van der Waals surface area contributed by atoms with Gasteiger partial charge >= 0.3 is 0 Å². The van der Waals surface area contributed by atoms with Gasteiger partial charge in [0.2, 0.25) is 5.91 Å². The SMILES string of the molecule is O=C(CCOc1ccccc1)N1CCOCC1c1ccn[nH]1. The average molecular weight is 301 g/mol. The number of ether oxygens (including phenoxy) is 2. The molecule has 6 heteroatoms. The van der Waals surface area contributed by atoms with Gasteiger partial charge in [-0.1, -0.05) is 18.2 Å². The lowest BCUT2D eigenvalue weighted by Crippen LogP contribution is -2.44. The Hall–Kier alpha value is -2.34. The highest BCUT2D eigenvalue weighted by atomic mass is 16.5. The van der Waals surface area contributed by atoms with Crippen molar-refractivity contribution >= 4 is 5.91 Å². The van der Waals surface area contributed by atoms with Crippen LogP contribution >= 0.6 is 0 Å². The molecule has 1 N–H and O–H groups in total. The maximum atomic E-state index is 12.4. The summed E-state index contributed by atoms with van der Waals surface area (Å²) in [6.45, 7) is 2.02. The molecule has 1 saturated heterocycles. The third kappa shape index (κ3) is 3.46. The molecule has 6 nitrogen and oxygen atoms in total. The van der Waals surface area contributed by atoms with Crippen LogP contribution in [0.5, 0.6) is 5.75 Å². The molecule has 1 fully saturated rings. The van der Waals surface area contributed by atoms with Crippen molar-refractivity contribution in [1.29, 1.82) is 0 Å². The van der Waals surface area contributed by atoms with E-state index in [0.29, 0.717) is 32.8 Å². The molecule has 1 aliphatic heterocycles. The molecular weight excluding hydrogens is 282 g/mol. The van der Waals surface area contributed by atoms with E-state index in [2.05, 4.69) is 10.2 Å². The molecule has 0 radical (unpaired) electrons. The monoisotopic (exact) mass is 301 g/mol. The van der Waals surface area contributed by atoms with E-state index in [1.807, 2.05) is 41.3 Å². The van der Waals surface area contributed by atoms with E-state index in [0.717, 1.165) is 11.4 Å². The molecule has 3 rings (SSSR count). The Morgan fingerprint density at radius 2 is 2.23 bits per heavy atom. The van der Waals surface area contributed by atoms with Gasteiger partial charge in [0.15, 0.2) is 0 Å². The van der Waals surface area contributed by atoms with Crippen molar-refractivity contribution in [2.24, 2.45) is 0 Å². The number of aromatic nitrogens is 2. The topological polar surface area (TPSA) is 67.4 Å². The minimum atomic E-state index is -0.0968. The van der Waals surface area contributed by atoms with Crippen molar-refractivity contribution in [3.63, 3.8) is 0 Å². The number of nitrogens with zero attached hydrogens (tertiary/aromatic N) is 2. The second-order valence-electron chi connectivity index (χ2n) is 5.10. The maximum Gasteiger partial charge on any atom is 0.226 e. The van der Waals surface area contributed by atoms with Gasteiger partial charge in [0.1, 0.15) is 5.75 Å². The van der Waals surface area contributed by atoms with E-state index in [1.165, 1.54) is 0 Å². The van der Waals surface area contributed by atoms with Gasteiger partial charge in [-0.15, -0.1) is 0 Å². The Balaban J connectivity index is 1.56. The van der Waals surface area contributed by atoms with Crippen LogP contribution in [0.15, 0.2) is 42.6 Å². The molecule has 116 valence electrons. The fourth-order valence-corrected chi connectivity index (χ4v) is 2.53. The van der Waals surface area contributed by atoms with Crippen LogP contribution in [-0.4, -0.2) is 47.4 Å². The van der Waals surface area contributed by atoms with Crippen molar-refractivity contribution in [2.45, 2.75) is 12.5 Å². The third-order valence-electron chi connectivity index (χ3n) is 3.66. The number of H-pyrrole nitrogens is 1. The molecule has 1 aliphatic rings. The number of amides is 1. The smallest absolute Gasteiger partial charge is 0.226 e. The van der Waals surface area contributed by atoms with Crippen molar-refractivity contribution in [1.82, 2.24) is 15.1 Å². The van der Waals surface area contributed by atoms with Gasteiger partial charge in [0.05, 0.1) is 38.0 Å². The van der Waals surface area contributed by atoms with Crippen LogP contribution in [0.2, 0.25) is 0 Å². The highest BCUT2D eigenvalue weighted by Gasteiger charge is 2.29. The lowest BCUT2D eigenvalue weighted by atomic mass is 10.1. The van der Waals surface area contributed by atoms with Crippen LogP contribution in [0.4, 0.5) is 0 Å². The van der Waals surface area contributed by atoms with Crippen molar-refractivity contribution in [2.75, 3.05) is 26.4 Å². The molecule has 22 heavy (non-hydrogen) atoms. The predicted octanol–water partition coefficient (Wildman–Crippen LogP) is 1.78. The fraction of sp³-hybridized carbons (Fsp3) is 0.375. The number of hydrogen-bond acceptors (Lipinski definition) is 4. The van der Waals surface area contributed by atoms with E-state index in [-0.39, 0.29) is 11.9 Å². The summed E-state index contributed by atoms with van der Waals surface area (Å²) >= 11 is 0. The number of rotatable bonds is 5. The van der Waals surface area contributed by atoms with Gasteiger partial charge in [-0.25, -0.2) is 0 Å². The first-order valence-corrected chi connectivity index (χ1v) is 7.39. The summed E-state index contributed by atoms with van der Waals surface area (Å²) in [7, 11) is 0. The van der Waals surface area contributed by atoms with Gasteiger partial charge in [0, 0.05) is 12.7 Å². The summed E-state index contributed by atoms with van der Waals surface area (Å²) in [5.41, 5.74) is 0.900. The van der Waals surface area contributed by atoms with Gasteiger partial charge < -0.3 is 14.4 Å². The van der Waals surface area contributed by atoms with Crippen LogP contribution in [0.25, 0.3) is 0 Å². The number of carbonyl (C=O) groups excluding carboxylic acids is 1. The maximum absolute atomic E-state index is 12.4. The molecule has 2 aromatic rings. The lowest BCUT2D eigenvalue weighted by Gasteiger charge is -2.35. The second-order valence-corrected chi connectivity index (χ2v) is 5.10. The molecule has 1 aromatic heterocycles. The molecule has 0 bridgehead atoms. The molecule has 1 unspecified atom stereocenters. The highest BCUT2D eigenvalue weighted by Crippen LogP contribution is 2.23. The Kier molecular flexibility index (Phi) is 4.70. The Morgan fingerprint density at radius 1 is 1.36 bits per heavy atom. The number of hydrogen-bond donors (Lipinski definition) is 1. The lowest BCUT2D eigenvalue weighted by molar-refractivity contribution is -0.140. The van der Waals surface area contributed by atoms with Gasteiger partial charge in [-0.05, 0) is 18.2 Å². The predicted molar refractivity (Wildman–Crippen MR) is 80.4 cm³/mol. The molecule has 0 saturated carbocycles. The largest absolute Gasteiger partial charge is 0.493 e. The summed E-state index contributed by atoms with van der Waals surface area (Å²) in [5, 5.41) is 6.87. The number of aromatic amines is 1. The minimum absolute atomic E-state index is 0.0684. The van der Waals surface area contributed by atoms with Crippen LogP contribution in [0.3, 0.4) is 0 Å². The molecule has 1 amide bonds. The molecule has 1 atom stereocenters. The van der Waals surface area contributed by atoms with Gasteiger partial charge in [0.25, 0.3) is 0 Å². The van der Waals surface area contributed by atoms with E-state index in [1.54, 1.807) is 6.20 Å². The Morgan fingerprint density at radius 3 is 3.00 bits per heavy atom. The molecule has 1 aromatic carbocycles. The third-order valence-corrected chi connectivity index (χ3v) is 3.66. The minimum Gasteiger partial charge on any atom is -0.493 e. The summed E-state index contributed by atoms with van der Waals surface area (Å²) in [5.74, 6) is 0.848. The van der Waals surface area contributed by atoms with Gasteiger partial charge in [-0.3, -0.25) is 9.89 Å². The zero-order chi connectivity index (χ0) is 15.2. The standard InChI is InChI=1S/C16H19N3O3/c20-16(7-10-22-13-4-2-1-3-5-13)19-9-11-21-12-15(19)14-6-8-17-18-14/h1-6,8,15H,7,9-12H2,(H,17,18). The van der Waals surface area contributed by atoms with Crippen LogP contribution in [-0.2, 0) is 9.53 Å². The number of para-hydroxylation sites is 1. The highest BCUT2D eigenvalue weighted by molar-refractivity contribution is 5.77. The molecular formula is C16H19N3O3. The van der Waals surface area contributed by atoms with E-state index >= 15 is 0 Å². The van der Waals surface area contributed by atoms with Gasteiger partial charge in [-0.2, -0.15) is 5.10 Å². The molecule has 0 spiro atoms. The zero-order valence-corrected chi connectivity index (χ0v) is 12.3. The molecule has 0 aliphatic carbocycles. The van der Waals surface area contributed by atoms with Crippen LogP contribution in [0.1, 0.15) is 18.2 Å². The number of nitrogens with one attached hydrogen (secondary N) is 1. The van der Waals surface area contributed by atoms with Crippen molar-refractivity contribution in [3.05, 3.63) is 48.3 Å². The van der Waals surface area contributed by atoms with Crippen molar-refractivity contribution in [3.8, 4) is 5.75 Å². The Bertz CT molecular complexity index is 586. The fourth-order valence-electron chi connectivity index (χ4n) is 2.53. The first-order chi connectivity index (χ1) is 10.8. The van der Waals surface area contributed by atoms with E-state index < -0.39 is 0 Å². The first-order valence-electron chi connectivity index (χ1n) is 7.39. The normalized spacial score (nSPS) is 18.2. The molecule has 2 heterocycles. The Labute approximate surface area is 129 Å². The van der Waals surface area contributed by atoms with Crippen LogP contribution in [0, 0.1) is 0 Å². The summed E-state index contributed by atoms with van der Waals surface area (Å²) in [6, 6.07) is 11.3. The summed E-state index contributed by atoms with van der Waals surface area (Å²) < 4.78 is 11.1. The summed E-state index contributed by atoms with van der Waals surface area (Å²) in [4.78, 5) is 14.3. The second kappa shape index (κ2) is 7.09. The number of benzene rings is 1. The average Bonchev–Trinajstić information content (AvgIpc) is 3.10. The van der Waals surface area contributed by atoms with Crippen LogP contribution < -0.4 is 4.74 Å². The zero-order valence-electron chi connectivity index (χ0n) is 12.3. The number of morpholine rings is 1. The van der Waals surface area contributed by atoms with Crippen molar-refractivity contribution < 1.29 is 14.3 Å².